The number of hydrogen-bond donors (Lipinski definition) is 6. The number of carbonyl (C=O) groups excluding carboxylic acids is 7. The summed E-state index contributed by atoms with van der Waals surface area (Å²) in [6, 6.07) is 26.4. The van der Waals surface area contributed by atoms with Crippen molar-refractivity contribution in [3.8, 4) is 0 Å². The Kier molecular flexibility index (Phi) is 25.0. The van der Waals surface area contributed by atoms with E-state index in [0.29, 0.717) is 39.6 Å². The normalized spacial score (nSPS) is 11.9. The van der Waals surface area contributed by atoms with Crippen molar-refractivity contribution < 1.29 is 71.9 Å². The second-order valence-electron chi connectivity index (χ2n) is 18.9. The summed E-state index contributed by atoms with van der Waals surface area (Å²) in [4.78, 5) is 96.2. The molecule has 10 rings (SSSR count). The standard InChI is InChI=1S/C28H27ClFN7O3.C22H22ClFN6O3.C6H5NO.CN.B.Na/c29-22-5-1-4-18(26(22)30)14-34-24(38)15-36(20-7-8-20)25(39)16-37-23-9-6-19(11-21(23)27(35-37)28(31)40)33-13-17-3-2-10-32-12-17;23-16-3-1-2-12(20(16)24)9-27-18(31)10-29(14-5-6-14)19(32)11-30-17-7-4-13(25)8-15(17)21(28-30)22(26)33;8-5-6-2-1-3-7-4-6;1-2;;/h1-6,9-12,20,33H,7-8,13-16H2,(H2,31,40)(H,34,38);1-4,7-8,14H,5-6,9-11,25H2,(H2,26,33)(H,27,31);1-5H;;;/q;;;-1;;+1. The van der Waals surface area contributed by atoms with Crippen molar-refractivity contribution in [3.05, 3.63) is 184 Å². The molecule has 28 heteroatoms. The third-order valence-electron chi connectivity index (χ3n) is 12.9. The molecule has 0 bridgehead atoms. The smallest absolute Gasteiger partial charge is 0.512 e. The third kappa shape index (κ3) is 18.3. The zero-order chi connectivity index (χ0) is 59.7. The van der Waals surface area contributed by atoms with Crippen LogP contribution in [0.5, 0.6) is 0 Å². The van der Waals surface area contributed by atoms with Crippen molar-refractivity contribution in [3.63, 3.8) is 0 Å². The Morgan fingerprint density at radius 3 is 1.55 bits per heavy atom. The number of benzene rings is 4. The summed E-state index contributed by atoms with van der Waals surface area (Å²) < 4.78 is 31.0. The molecule has 85 heavy (non-hydrogen) atoms. The van der Waals surface area contributed by atoms with Gasteiger partial charge in [-0.15, -0.1) is 0 Å². The van der Waals surface area contributed by atoms with Gasteiger partial charge in [0.25, 0.3) is 11.8 Å². The molecule has 0 atom stereocenters. The van der Waals surface area contributed by atoms with Crippen LogP contribution in [0, 0.1) is 23.5 Å². The van der Waals surface area contributed by atoms with Gasteiger partial charge in [-0.2, -0.15) is 10.2 Å². The molecule has 4 heterocycles. The summed E-state index contributed by atoms with van der Waals surface area (Å²) in [5, 5.41) is 24.2. The first kappa shape index (κ1) is 67.0. The van der Waals surface area contributed by atoms with Crippen LogP contribution in [0.3, 0.4) is 0 Å². The van der Waals surface area contributed by atoms with Gasteiger partial charge in [0.05, 0.1) is 34.2 Å². The molecule has 0 saturated heterocycles. The van der Waals surface area contributed by atoms with Crippen LogP contribution in [0.4, 0.5) is 20.2 Å². The summed E-state index contributed by atoms with van der Waals surface area (Å²) in [6.45, 7) is 4.45. The monoisotopic (exact) mass is 1200 g/mol. The average molecular weight is 1200 g/mol. The number of carbonyl (C=O) groups is 7. The van der Waals surface area contributed by atoms with E-state index in [9.17, 15) is 42.3 Å². The summed E-state index contributed by atoms with van der Waals surface area (Å²) in [5.41, 5.74) is 21.3. The number of aromatic nitrogens is 6. The van der Waals surface area contributed by atoms with Gasteiger partial charge in [0.15, 0.2) is 17.7 Å². The minimum atomic E-state index is -0.733. The van der Waals surface area contributed by atoms with Crippen molar-refractivity contribution in [1.82, 2.24) is 50.0 Å². The fourth-order valence-corrected chi connectivity index (χ4v) is 8.86. The molecule has 2 saturated carbocycles. The maximum atomic E-state index is 14.2. The number of anilines is 2. The van der Waals surface area contributed by atoms with Crippen LogP contribution in [0.2, 0.25) is 10.0 Å². The molecule has 0 spiro atoms. The fourth-order valence-electron chi connectivity index (χ4n) is 8.47. The molecule has 3 radical (unpaired) electrons. The quantitative estimate of drug-likeness (QED) is 0.0277. The third-order valence-corrected chi connectivity index (χ3v) is 13.4. The number of pyridine rings is 2. The Morgan fingerprint density at radius 2 is 1.13 bits per heavy atom. The number of primary amides is 2. The molecule has 431 valence electrons. The summed E-state index contributed by atoms with van der Waals surface area (Å²) >= 11 is 11.6. The Bertz CT molecular complexity index is 3710. The minimum absolute atomic E-state index is 0. The first-order valence-electron chi connectivity index (χ1n) is 25.5. The van der Waals surface area contributed by atoms with E-state index in [-0.39, 0.29) is 134 Å². The van der Waals surface area contributed by atoms with Gasteiger partial charge in [-0.25, -0.2) is 8.78 Å². The van der Waals surface area contributed by atoms with Crippen LogP contribution < -0.4 is 62.7 Å². The van der Waals surface area contributed by atoms with Gasteiger partial charge in [0.1, 0.15) is 24.7 Å². The summed E-state index contributed by atoms with van der Waals surface area (Å²) in [5.74, 6) is -4.14. The van der Waals surface area contributed by atoms with E-state index in [0.717, 1.165) is 43.2 Å². The first-order valence-corrected chi connectivity index (χ1v) is 26.3. The molecule has 0 unspecified atom stereocenters. The average Bonchev–Trinajstić information content (AvgIpc) is 2.46. The Hall–Kier alpha value is -8.80. The van der Waals surface area contributed by atoms with Crippen LogP contribution in [0.15, 0.2) is 122 Å². The van der Waals surface area contributed by atoms with E-state index in [1.807, 2.05) is 18.2 Å². The number of nitrogen functional groups attached to an aromatic ring is 1. The van der Waals surface area contributed by atoms with Crippen LogP contribution in [0.25, 0.3) is 21.8 Å². The number of aldehydes is 1. The van der Waals surface area contributed by atoms with Crippen molar-refractivity contribution in [2.75, 3.05) is 24.1 Å². The van der Waals surface area contributed by atoms with E-state index in [2.05, 4.69) is 36.1 Å². The molecule has 2 fully saturated rings. The van der Waals surface area contributed by atoms with Crippen molar-refractivity contribution in [2.45, 2.75) is 70.5 Å². The molecule has 0 aliphatic heterocycles. The number of amides is 6. The van der Waals surface area contributed by atoms with Gasteiger partial charge in [-0.1, -0.05) is 53.5 Å². The van der Waals surface area contributed by atoms with E-state index >= 15 is 0 Å². The van der Waals surface area contributed by atoms with E-state index in [1.54, 1.807) is 73.2 Å². The summed E-state index contributed by atoms with van der Waals surface area (Å²) in [7, 11) is 0. The number of nitrogens with zero attached hydrogens (tertiary/aromatic N) is 9. The first-order chi connectivity index (χ1) is 40.0. The second kappa shape index (κ2) is 31.7. The molecule has 6 amide bonds. The topological polar surface area (TPSA) is 325 Å². The van der Waals surface area contributed by atoms with Crippen LogP contribution in [-0.2, 0) is 51.9 Å². The maximum absolute atomic E-state index is 14.2. The molecular formula is C57H54BCl2F2N15NaO7. The zero-order valence-corrected chi connectivity index (χ0v) is 49.3. The SMILES string of the molecule is NC(=O)c1nn(CC(=O)N(CC(=O)NCc2cccc(Cl)c2F)C2CC2)c2ccc(N)cc12.NC(=O)c1nn(CC(=O)N(CC(=O)NCc2cccc(Cl)c2F)C2CC2)c2ccc(NCc3cccnc3)cc12.O=Cc1cccnc1.[B].[C-]#N.[Na+]. The molecule has 2 aliphatic rings. The molecule has 9 N–H and O–H groups in total. The number of hydrogen-bond acceptors (Lipinski definition) is 14. The summed E-state index contributed by atoms with van der Waals surface area (Å²) in [6.07, 6.45) is 10.5. The largest absolute Gasteiger partial charge is 1.00 e. The van der Waals surface area contributed by atoms with Gasteiger partial charge in [-0.05, 0) is 98.0 Å². The Labute approximate surface area is 520 Å². The Balaban J connectivity index is 0.000000265. The van der Waals surface area contributed by atoms with Crippen molar-refractivity contribution >= 4 is 107 Å². The van der Waals surface area contributed by atoms with E-state index in [1.165, 1.54) is 49.6 Å². The Morgan fingerprint density at radius 1 is 0.659 bits per heavy atom. The number of nitrogens with two attached hydrogens (primary N) is 3. The van der Waals surface area contributed by atoms with Crippen molar-refractivity contribution in [1.29, 1.82) is 5.26 Å². The predicted molar refractivity (Wildman–Crippen MR) is 309 cm³/mol. The van der Waals surface area contributed by atoms with Crippen LogP contribution in [0.1, 0.15) is 73.7 Å². The number of rotatable bonds is 20. The van der Waals surface area contributed by atoms with Crippen LogP contribution >= 0.6 is 23.2 Å². The molecule has 2 aliphatic carbocycles. The van der Waals surface area contributed by atoms with E-state index in [4.69, 9.17) is 52.2 Å². The molecule has 4 aromatic heterocycles. The van der Waals surface area contributed by atoms with Gasteiger partial charge in [-0.3, -0.25) is 52.9 Å². The van der Waals surface area contributed by atoms with Gasteiger partial charge < -0.3 is 54.8 Å². The molecular weight excluding hydrogens is 1150 g/mol. The van der Waals surface area contributed by atoms with Gasteiger partial charge in [0, 0.05) is 104 Å². The number of fused-ring (bicyclic) bond motifs is 2. The molecule has 4 aromatic carbocycles. The van der Waals surface area contributed by atoms with E-state index < -0.39 is 35.3 Å². The van der Waals surface area contributed by atoms with Gasteiger partial charge in [0.2, 0.25) is 23.6 Å². The molecule has 8 aromatic rings. The van der Waals surface area contributed by atoms with Crippen molar-refractivity contribution in [2.24, 2.45) is 11.5 Å². The zero-order valence-electron chi connectivity index (χ0n) is 45.8. The number of halogens is 4. The maximum Gasteiger partial charge on any atom is 1.00 e. The fraction of sp³-hybridized carbons (Fsp3) is 0.228. The minimum Gasteiger partial charge on any atom is -0.512 e. The predicted octanol–water partition coefficient (Wildman–Crippen LogP) is 2.67. The molecule has 22 nitrogen and oxygen atoms in total. The number of nitrogens with one attached hydrogen (secondary N) is 3. The van der Waals surface area contributed by atoms with Crippen LogP contribution in [-0.4, -0.2) is 115 Å². The second-order valence-corrected chi connectivity index (χ2v) is 19.7. The van der Waals surface area contributed by atoms with Gasteiger partial charge >= 0.3 is 29.6 Å².